The van der Waals surface area contributed by atoms with E-state index < -0.39 is 0 Å². The summed E-state index contributed by atoms with van der Waals surface area (Å²) in [7, 11) is 0. The van der Waals surface area contributed by atoms with E-state index in [1.54, 1.807) is 0 Å². The van der Waals surface area contributed by atoms with Gasteiger partial charge in [0.2, 0.25) is 0 Å². The predicted molar refractivity (Wildman–Crippen MR) is 157 cm³/mol. The van der Waals surface area contributed by atoms with Crippen LogP contribution in [0.3, 0.4) is 0 Å². The van der Waals surface area contributed by atoms with Crippen molar-refractivity contribution in [2.75, 3.05) is 0 Å². The summed E-state index contributed by atoms with van der Waals surface area (Å²) in [6.07, 6.45) is 3.73. The monoisotopic (exact) mass is 691 g/mol. The second-order valence-electron chi connectivity index (χ2n) is 10.2. The predicted octanol–water partition coefficient (Wildman–Crippen LogP) is 8.39. The Kier molecular flexibility index (Phi) is 6.80. The maximum absolute atomic E-state index is 4.70. The molecule has 0 fully saturated rings. The van der Waals surface area contributed by atoms with Crippen LogP contribution in [-0.4, -0.2) is 9.97 Å². The van der Waals surface area contributed by atoms with Gasteiger partial charge < -0.3 is 0 Å². The third-order valence-corrected chi connectivity index (χ3v) is 7.80. The fourth-order valence-electron chi connectivity index (χ4n) is 6.23. The summed E-state index contributed by atoms with van der Waals surface area (Å²) >= 11 is 0. The van der Waals surface area contributed by atoms with Crippen molar-refractivity contribution in [3.63, 3.8) is 0 Å². The minimum Gasteiger partial charge on any atom is -0.254 e. The number of rotatable bonds is 1. The van der Waals surface area contributed by atoms with Crippen LogP contribution < -0.4 is 0 Å². The van der Waals surface area contributed by atoms with Gasteiger partial charge in [0.15, 0.2) is 0 Å². The molecule has 0 atom stereocenters. The van der Waals surface area contributed by atoms with Crippen molar-refractivity contribution in [3.05, 3.63) is 167 Å². The van der Waals surface area contributed by atoms with Gasteiger partial charge in [-0.15, -0.1) is 23.3 Å². The van der Waals surface area contributed by atoms with E-state index in [4.69, 9.17) is 9.97 Å². The number of hydrogen-bond donors (Lipinski definition) is 0. The van der Waals surface area contributed by atoms with Crippen LogP contribution in [0, 0.1) is 26.0 Å². The summed E-state index contributed by atoms with van der Waals surface area (Å²) in [5.74, 6) is 0. The molecule has 0 unspecified atom stereocenters. The van der Waals surface area contributed by atoms with Crippen molar-refractivity contribution in [3.8, 4) is 33.6 Å². The first-order chi connectivity index (χ1) is 19.2. The Labute approximate surface area is 249 Å². The molecule has 0 saturated carbocycles. The first-order valence-electron chi connectivity index (χ1n) is 13.3. The molecule has 3 heteroatoms. The maximum Gasteiger partial charge on any atom is 0.0937 e. The van der Waals surface area contributed by atoms with Gasteiger partial charge in [0, 0.05) is 32.5 Å². The van der Waals surface area contributed by atoms with Crippen LogP contribution in [-0.2, 0) is 25.5 Å². The molecule has 40 heavy (non-hydrogen) atoms. The van der Waals surface area contributed by atoms with E-state index in [9.17, 15) is 0 Å². The van der Waals surface area contributed by atoms with Gasteiger partial charge >= 0.3 is 0 Å². The molecule has 0 amide bonds. The fourth-order valence-corrected chi connectivity index (χ4v) is 6.23. The van der Waals surface area contributed by atoms with Gasteiger partial charge in [-0.25, -0.2) is 11.1 Å². The van der Waals surface area contributed by atoms with Gasteiger partial charge in [-0.2, -0.15) is 36.4 Å². The van der Waals surface area contributed by atoms with E-state index in [1.807, 2.05) is 36.7 Å². The van der Waals surface area contributed by atoms with E-state index in [2.05, 4.69) is 111 Å². The summed E-state index contributed by atoms with van der Waals surface area (Å²) in [5, 5.41) is 0. The number of nitrogens with zero attached hydrogens (tertiary/aromatic N) is 2. The van der Waals surface area contributed by atoms with Crippen LogP contribution in [0.25, 0.3) is 33.6 Å². The van der Waals surface area contributed by atoms with E-state index in [0.29, 0.717) is 0 Å². The maximum atomic E-state index is 4.70. The molecular formula is C37H26IrN2-2. The van der Waals surface area contributed by atoms with Gasteiger partial charge in [-0.3, -0.25) is 9.97 Å². The standard InChI is InChI=1S/C23H14N2.C14H12.Ir/c1-3-9-17-15(7-1)16-8-2-4-10-18(16)23(17)19-11-5-13-24-21(19)22-20(23)12-6-14-25-22;1-11-5-3-7-13(9-11)14-8-4-6-12(2)10-14;/h1-14H;3-6,9-10H,1-2H3;/q;-2;. The Balaban J connectivity index is 0.000000166. The third kappa shape index (κ3) is 3.97. The quantitative estimate of drug-likeness (QED) is 0.162. The molecule has 0 bridgehead atoms. The van der Waals surface area contributed by atoms with Gasteiger partial charge in [0.1, 0.15) is 0 Å². The Morgan fingerprint density at radius 3 is 1.40 bits per heavy atom. The number of aryl methyl sites for hydroxylation is 2. The average Bonchev–Trinajstić information content (AvgIpc) is 3.45. The zero-order chi connectivity index (χ0) is 26.4. The fraction of sp³-hybridized carbons (Fsp3) is 0.0811. The van der Waals surface area contributed by atoms with Crippen molar-refractivity contribution < 1.29 is 20.1 Å². The molecule has 1 radical (unpaired) electrons. The van der Waals surface area contributed by atoms with Gasteiger partial charge in [0.25, 0.3) is 0 Å². The summed E-state index contributed by atoms with van der Waals surface area (Å²) in [4.78, 5) is 9.41. The van der Waals surface area contributed by atoms with Crippen molar-refractivity contribution in [1.29, 1.82) is 0 Å². The molecule has 2 nitrogen and oxygen atoms in total. The van der Waals surface area contributed by atoms with Crippen LogP contribution in [0.4, 0.5) is 0 Å². The molecule has 2 heterocycles. The van der Waals surface area contributed by atoms with Crippen LogP contribution in [0.1, 0.15) is 33.4 Å². The largest absolute Gasteiger partial charge is 0.254 e. The molecule has 0 aliphatic heterocycles. The molecule has 0 saturated heterocycles. The van der Waals surface area contributed by atoms with Crippen molar-refractivity contribution >= 4 is 0 Å². The number of fused-ring (bicyclic) bond motifs is 10. The molecule has 2 aromatic heterocycles. The van der Waals surface area contributed by atoms with Crippen LogP contribution in [0.15, 0.2) is 122 Å². The van der Waals surface area contributed by atoms with E-state index in [0.717, 1.165) is 22.5 Å². The molecular weight excluding hydrogens is 665 g/mol. The molecule has 195 valence electrons. The normalized spacial score (nSPS) is 12.8. The minimum absolute atomic E-state index is 0. The van der Waals surface area contributed by atoms with E-state index >= 15 is 0 Å². The second kappa shape index (κ2) is 10.4. The summed E-state index contributed by atoms with van der Waals surface area (Å²) in [6.45, 7) is 4.18. The van der Waals surface area contributed by atoms with E-state index in [-0.39, 0.29) is 25.5 Å². The zero-order valence-corrected chi connectivity index (χ0v) is 24.7. The van der Waals surface area contributed by atoms with Gasteiger partial charge in [-0.1, -0.05) is 74.5 Å². The molecule has 0 N–H and O–H groups in total. The number of benzene rings is 4. The first kappa shape index (κ1) is 26.1. The SMILES string of the molecule is Cc1cc[c-]c(-c2[c-]ccc(C)c2)c1.[Ir].c1ccc2c(c1)-c1ccccc1C21c2cccnc2-c2ncccc21. The Hall–Kier alpha value is -4.17. The van der Waals surface area contributed by atoms with Crippen molar-refractivity contribution in [2.24, 2.45) is 0 Å². The summed E-state index contributed by atoms with van der Waals surface area (Å²) in [5.41, 5.74) is 14.2. The Morgan fingerprint density at radius 1 is 0.525 bits per heavy atom. The summed E-state index contributed by atoms with van der Waals surface area (Å²) < 4.78 is 0. The first-order valence-corrected chi connectivity index (χ1v) is 13.3. The number of aromatic nitrogens is 2. The minimum atomic E-state index is -0.305. The number of pyridine rings is 2. The molecule has 8 rings (SSSR count). The van der Waals surface area contributed by atoms with E-state index in [1.165, 1.54) is 44.5 Å². The van der Waals surface area contributed by atoms with Gasteiger partial charge in [0.05, 0.1) is 16.8 Å². The van der Waals surface area contributed by atoms with Crippen molar-refractivity contribution in [1.82, 2.24) is 9.97 Å². The topological polar surface area (TPSA) is 25.8 Å². The third-order valence-electron chi connectivity index (χ3n) is 7.80. The zero-order valence-electron chi connectivity index (χ0n) is 22.3. The second-order valence-corrected chi connectivity index (χ2v) is 10.2. The Morgan fingerprint density at radius 2 is 0.950 bits per heavy atom. The Bertz CT molecular complexity index is 1620. The van der Waals surface area contributed by atoms with Crippen LogP contribution in [0.2, 0.25) is 0 Å². The molecule has 2 aliphatic carbocycles. The van der Waals surface area contributed by atoms with Gasteiger partial charge in [-0.05, 0) is 45.5 Å². The molecule has 4 aromatic carbocycles. The smallest absolute Gasteiger partial charge is 0.0937 e. The molecule has 6 aromatic rings. The average molecular weight is 691 g/mol. The van der Waals surface area contributed by atoms with Crippen LogP contribution >= 0.6 is 0 Å². The number of hydrogen-bond acceptors (Lipinski definition) is 2. The molecule has 1 spiro atoms. The van der Waals surface area contributed by atoms with Crippen molar-refractivity contribution in [2.45, 2.75) is 19.3 Å². The van der Waals surface area contributed by atoms with Crippen LogP contribution in [0.5, 0.6) is 0 Å². The molecule has 2 aliphatic rings. The summed E-state index contributed by atoms with van der Waals surface area (Å²) in [6, 6.07) is 44.7.